The molecule has 1 aliphatic carbocycles. The summed E-state index contributed by atoms with van der Waals surface area (Å²) in [4.78, 5) is 0. The van der Waals surface area contributed by atoms with E-state index in [-0.39, 0.29) is 23.4 Å². The number of nitrogen functional groups attached to an aromatic ring is 1. The van der Waals surface area contributed by atoms with E-state index in [0.717, 1.165) is 31.4 Å². The van der Waals surface area contributed by atoms with Crippen molar-refractivity contribution in [2.75, 3.05) is 5.73 Å². The molecule has 0 radical (unpaired) electrons. The number of ether oxygens (including phenoxy) is 3. The Labute approximate surface area is 195 Å². The smallest absolute Gasteiger partial charge is 0.164 e. The van der Waals surface area contributed by atoms with Gasteiger partial charge in [0, 0.05) is 11.3 Å². The summed E-state index contributed by atoms with van der Waals surface area (Å²) in [7, 11) is 0. The van der Waals surface area contributed by atoms with Crippen molar-refractivity contribution in [2.24, 2.45) is 5.41 Å². The van der Waals surface area contributed by atoms with Gasteiger partial charge < -0.3 is 19.9 Å². The van der Waals surface area contributed by atoms with E-state index in [2.05, 4.69) is 45.9 Å². The van der Waals surface area contributed by atoms with Crippen molar-refractivity contribution in [3.05, 3.63) is 35.9 Å². The molecule has 3 aliphatic heterocycles. The largest absolute Gasteiger partial charge is 0.398 e. The van der Waals surface area contributed by atoms with Crippen molar-refractivity contribution in [1.82, 2.24) is 0 Å². The number of benzene rings is 1. The molecule has 0 amide bonds. The third-order valence-corrected chi connectivity index (χ3v) is 7.39. The Bertz CT molecular complexity index is 804. The van der Waals surface area contributed by atoms with Crippen LogP contribution in [0, 0.1) is 5.41 Å². The van der Waals surface area contributed by atoms with Crippen molar-refractivity contribution in [3.63, 3.8) is 0 Å². The van der Waals surface area contributed by atoms with Crippen molar-refractivity contribution in [1.29, 1.82) is 0 Å². The van der Waals surface area contributed by atoms with Crippen LogP contribution >= 0.6 is 0 Å². The zero-order chi connectivity index (χ0) is 23.8. The quantitative estimate of drug-likeness (QED) is 0.469. The van der Waals surface area contributed by atoms with Crippen LogP contribution in [0.3, 0.4) is 0 Å². The van der Waals surface area contributed by atoms with E-state index in [9.17, 15) is 0 Å². The molecule has 3 saturated heterocycles. The van der Waals surface area contributed by atoms with Crippen LogP contribution in [0.4, 0.5) is 5.69 Å². The summed E-state index contributed by atoms with van der Waals surface area (Å²) < 4.78 is 18.2. The lowest BCUT2D eigenvalue weighted by atomic mass is 9.77. The number of hydrogen-bond donors (Lipinski definition) is 1. The van der Waals surface area contributed by atoms with E-state index in [1.165, 1.54) is 24.0 Å². The third kappa shape index (κ3) is 5.08. The van der Waals surface area contributed by atoms with Crippen LogP contribution in [0.5, 0.6) is 0 Å². The Balaban J connectivity index is 0.000000168. The van der Waals surface area contributed by atoms with Crippen molar-refractivity contribution in [3.8, 4) is 0 Å². The molecule has 4 aliphatic rings. The summed E-state index contributed by atoms with van der Waals surface area (Å²) >= 11 is 0. The maximum atomic E-state index is 6.18. The number of nitrogens with two attached hydrogens (primary N) is 1. The summed E-state index contributed by atoms with van der Waals surface area (Å²) in [5.74, 6) is -0.445. The number of para-hydroxylation sites is 1. The van der Waals surface area contributed by atoms with Crippen molar-refractivity contribution < 1.29 is 14.2 Å². The molecule has 2 N–H and O–H groups in total. The first-order chi connectivity index (χ1) is 14.9. The Kier molecular flexibility index (Phi) is 7.20. The predicted molar refractivity (Wildman–Crippen MR) is 133 cm³/mol. The second-order valence-electron chi connectivity index (χ2n) is 11.2. The Morgan fingerprint density at radius 1 is 0.844 bits per heavy atom. The zero-order valence-corrected chi connectivity index (χ0v) is 21.6. The minimum absolute atomic E-state index is 0.111. The van der Waals surface area contributed by atoms with Gasteiger partial charge in [-0.3, -0.25) is 0 Å². The highest BCUT2D eigenvalue weighted by Crippen LogP contribution is 2.55. The number of anilines is 1. The average molecular weight is 444 g/mol. The van der Waals surface area contributed by atoms with Crippen LogP contribution in [0.1, 0.15) is 99.5 Å². The number of allylic oxidation sites excluding steroid dienone is 2. The maximum Gasteiger partial charge on any atom is 0.164 e. The molecular weight excluding hydrogens is 398 g/mol. The first-order valence-corrected chi connectivity index (χ1v) is 12.5. The van der Waals surface area contributed by atoms with E-state index in [1.807, 2.05) is 39.8 Å². The van der Waals surface area contributed by atoms with Gasteiger partial charge in [-0.15, -0.1) is 0 Å². The molecular formula is C28H45NO3. The van der Waals surface area contributed by atoms with Gasteiger partial charge in [-0.2, -0.15) is 0 Å². The van der Waals surface area contributed by atoms with E-state index in [0.29, 0.717) is 5.41 Å². The van der Waals surface area contributed by atoms with E-state index in [4.69, 9.17) is 19.9 Å². The van der Waals surface area contributed by atoms with Crippen LogP contribution < -0.4 is 5.73 Å². The molecule has 1 aromatic carbocycles. The summed E-state index contributed by atoms with van der Waals surface area (Å²) in [6, 6.07) is 8.16. The molecule has 4 atom stereocenters. The Hall–Kier alpha value is -1.36. The first kappa shape index (κ1) is 25.3. The second kappa shape index (κ2) is 9.12. The molecule has 2 unspecified atom stereocenters. The van der Waals surface area contributed by atoms with Gasteiger partial charge in [0.05, 0.1) is 11.2 Å². The molecule has 0 spiro atoms. The molecule has 32 heavy (non-hydrogen) atoms. The summed E-state index contributed by atoms with van der Waals surface area (Å²) in [5.41, 5.74) is 9.74. The summed E-state index contributed by atoms with van der Waals surface area (Å²) in [6.45, 7) is 17.0. The fraction of sp³-hybridized carbons (Fsp3) is 0.714. The molecule has 4 nitrogen and oxygen atoms in total. The molecule has 2 bridgehead atoms. The highest BCUT2D eigenvalue weighted by molar-refractivity contribution is 5.75. The highest BCUT2D eigenvalue weighted by Gasteiger charge is 2.66. The maximum absolute atomic E-state index is 6.18. The summed E-state index contributed by atoms with van der Waals surface area (Å²) in [5, 5.41) is 0. The third-order valence-electron chi connectivity index (χ3n) is 7.39. The number of fused-ring (bicyclic) bond motifs is 5. The van der Waals surface area contributed by atoms with Gasteiger partial charge in [-0.25, -0.2) is 0 Å². The monoisotopic (exact) mass is 443 g/mol. The standard InChI is InChI=1S/C14H19N.C12H20O3.C2H6/c1-14(2)9-7-11(8-10-14)12-5-3-4-6-13(12)15;1-10(2)13-8-9(14-10)12(4)7-5-6-11(8,3)15-12;1-2/h3-7H,8-10,15H2,1-2H3;8-9H,5-7H2,1-4H3;1-2H3/t;8-,9?,11?,12-;/m.0./s1. The van der Waals surface area contributed by atoms with Crippen LogP contribution in [-0.4, -0.2) is 29.2 Å². The van der Waals surface area contributed by atoms with Crippen LogP contribution in [0.25, 0.3) is 5.57 Å². The van der Waals surface area contributed by atoms with E-state index < -0.39 is 5.79 Å². The topological polar surface area (TPSA) is 53.7 Å². The second-order valence-corrected chi connectivity index (χ2v) is 11.2. The molecule has 4 heteroatoms. The van der Waals surface area contributed by atoms with E-state index in [1.54, 1.807) is 0 Å². The first-order valence-electron chi connectivity index (χ1n) is 12.5. The van der Waals surface area contributed by atoms with Gasteiger partial charge in [0.1, 0.15) is 12.2 Å². The lowest BCUT2D eigenvalue weighted by Gasteiger charge is -2.39. The normalized spacial score (nSPS) is 36.1. The molecule has 3 heterocycles. The Morgan fingerprint density at radius 2 is 1.41 bits per heavy atom. The predicted octanol–water partition coefficient (Wildman–Crippen LogP) is 7.13. The van der Waals surface area contributed by atoms with E-state index >= 15 is 0 Å². The summed E-state index contributed by atoms with van der Waals surface area (Å²) in [6.07, 6.45) is 9.54. The molecule has 180 valence electrons. The van der Waals surface area contributed by atoms with Crippen molar-refractivity contribution in [2.45, 2.75) is 123 Å². The number of hydrogen-bond acceptors (Lipinski definition) is 4. The van der Waals surface area contributed by atoms with Crippen molar-refractivity contribution >= 4 is 11.3 Å². The minimum atomic E-state index is -0.445. The fourth-order valence-electron chi connectivity index (χ4n) is 5.59. The zero-order valence-electron chi connectivity index (χ0n) is 21.6. The van der Waals surface area contributed by atoms with Crippen LogP contribution in [-0.2, 0) is 14.2 Å². The van der Waals surface area contributed by atoms with Gasteiger partial charge in [0.15, 0.2) is 5.79 Å². The molecule has 5 rings (SSSR count). The van der Waals surface area contributed by atoms with Gasteiger partial charge in [-0.1, -0.05) is 52.0 Å². The average Bonchev–Trinajstić information content (AvgIpc) is 3.13. The molecule has 0 saturated carbocycles. The highest BCUT2D eigenvalue weighted by atomic mass is 16.8. The molecule has 3 fully saturated rings. The van der Waals surface area contributed by atoms with Gasteiger partial charge >= 0.3 is 0 Å². The minimum Gasteiger partial charge on any atom is -0.398 e. The lowest BCUT2D eigenvalue weighted by molar-refractivity contribution is -0.239. The molecule has 0 aromatic heterocycles. The number of rotatable bonds is 1. The lowest BCUT2D eigenvalue weighted by Crippen LogP contribution is -2.44. The van der Waals surface area contributed by atoms with Gasteiger partial charge in [-0.05, 0) is 83.3 Å². The fourth-order valence-corrected chi connectivity index (χ4v) is 5.59. The molecule has 1 aromatic rings. The SMILES string of the molecule is CC.CC1(C)CC=C(c2ccccc2N)CC1.CC1(C)OC2[C@H](O1)C1(C)CCC[C@]2(C)O1. The van der Waals surface area contributed by atoms with Gasteiger partial charge in [0.2, 0.25) is 0 Å². The Morgan fingerprint density at radius 3 is 1.91 bits per heavy atom. The van der Waals surface area contributed by atoms with Crippen LogP contribution in [0.2, 0.25) is 0 Å². The van der Waals surface area contributed by atoms with Gasteiger partial charge in [0.25, 0.3) is 0 Å². The van der Waals surface area contributed by atoms with Crippen LogP contribution in [0.15, 0.2) is 30.3 Å².